The molecule has 0 radical (unpaired) electrons. The number of ether oxygens (including phenoxy) is 2. The molecule has 0 aliphatic heterocycles. The number of hydrogen-bond donors (Lipinski definition) is 0. The van der Waals surface area contributed by atoms with Crippen LogP contribution in [-0.2, 0) is 5.33 Å². The Morgan fingerprint density at radius 1 is 1.32 bits per heavy atom. The van der Waals surface area contributed by atoms with Gasteiger partial charge in [-0.3, -0.25) is 0 Å². The lowest BCUT2D eigenvalue weighted by atomic mass is 10.2. The summed E-state index contributed by atoms with van der Waals surface area (Å²) in [5.74, 6) is -4.06. The topological polar surface area (TPSA) is 18.5 Å². The molecule has 0 unspecified atom stereocenters. The van der Waals surface area contributed by atoms with Gasteiger partial charge >= 0.3 is 12.3 Å². The van der Waals surface area contributed by atoms with E-state index in [1.165, 1.54) is 7.11 Å². The molecule has 0 amide bonds. The maximum atomic E-state index is 12.8. The summed E-state index contributed by atoms with van der Waals surface area (Å²) in [6, 6.07) is 3.18. The van der Waals surface area contributed by atoms with Gasteiger partial charge in [-0.2, -0.15) is 8.78 Å². The monoisotopic (exact) mass is 408 g/mol. The molecule has 0 N–H and O–H groups in total. The Bertz CT molecular complexity index is 441. The molecule has 0 atom stereocenters. The van der Waals surface area contributed by atoms with Gasteiger partial charge in [-0.25, -0.2) is 8.78 Å². The predicted molar refractivity (Wildman–Crippen MR) is 69.8 cm³/mol. The van der Waals surface area contributed by atoms with E-state index in [9.17, 15) is 17.6 Å². The molecular formula is C11H10Br2F4O2. The third-order valence-corrected chi connectivity index (χ3v) is 3.41. The zero-order valence-corrected chi connectivity index (χ0v) is 12.9. The first-order valence-corrected chi connectivity index (χ1v) is 6.94. The molecule has 1 aromatic rings. The molecular weight excluding hydrogens is 400 g/mol. The van der Waals surface area contributed by atoms with Crippen LogP contribution >= 0.6 is 31.9 Å². The first-order valence-electron chi connectivity index (χ1n) is 5.03. The molecule has 0 aromatic heterocycles. The van der Waals surface area contributed by atoms with E-state index in [-0.39, 0.29) is 11.5 Å². The highest BCUT2D eigenvalue weighted by Crippen LogP contribution is 2.38. The molecule has 2 nitrogen and oxygen atoms in total. The Hall–Kier alpha value is -0.500. The van der Waals surface area contributed by atoms with Crippen molar-refractivity contribution < 1.29 is 27.0 Å². The Kier molecular flexibility index (Phi) is 5.91. The van der Waals surface area contributed by atoms with Gasteiger partial charge in [-0.15, -0.1) is 0 Å². The molecule has 0 fully saturated rings. The SMILES string of the molecule is COc1cc(CBr)cc(Br)c1OCC(F)(F)C(F)F. The summed E-state index contributed by atoms with van der Waals surface area (Å²) < 4.78 is 59.8. The zero-order valence-electron chi connectivity index (χ0n) is 9.73. The molecule has 0 saturated heterocycles. The van der Waals surface area contributed by atoms with E-state index < -0.39 is 19.0 Å². The van der Waals surface area contributed by atoms with Crippen molar-refractivity contribution in [1.29, 1.82) is 0 Å². The zero-order chi connectivity index (χ0) is 14.6. The van der Waals surface area contributed by atoms with E-state index in [1.807, 2.05) is 0 Å². The minimum Gasteiger partial charge on any atom is -0.493 e. The normalized spacial score (nSPS) is 11.8. The van der Waals surface area contributed by atoms with Crippen LogP contribution in [0.25, 0.3) is 0 Å². The number of benzene rings is 1. The second-order valence-corrected chi connectivity index (χ2v) is 5.01. The number of methoxy groups -OCH3 is 1. The van der Waals surface area contributed by atoms with Crippen molar-refractivity contribution in [2.75, 3.05) is 13.7 Å². The van der Waals surface area contributed by atoms with Gasteiger partial charge in [-0.05, 0) is 33.6 Å². The minimum atomic E-state index is -4.21. The van der Waals surface area contributed by atoms with Gasteiger partial charge in [0.1, 0.15) is 0 Å². The molecule has 19 heavy (non-hydrogen) atoms. The van der Waals surface area contributed by atoms with Crippen molar-refractivity contribution in [2.45, 2.75) is 17.7 Å². The molecule has 0 aliphatic carbocycles. The summed E-state index contributed by atoms with van der Waals surface area (Å²) in [5, 5.41) is 0.523. The summed E-state index contributed by atoms with van der Waals surface area (Å²) in [4.78, 5) is 0. The van der Waals surface area contributed by atoms with Crippen molar-refractivity contribution in [3.05, 3.63) is 22.2 Å². The van der Waals surface area contributed by atoms with E-state index in [1.54, 1.807) is 12.1 Å². The van der Waals surface area contributed by atoms with Gasteiger partial charge in [0.2, 0.25) is 0 Å². The van der Waals surface area contributed by atoms with Gasteiger partial charge in [-0.1, -0.05) is 15.9 Å². The lowest BCUT2D eigenvalue weighted by Gasteiger charge is -2.18. The summed E-state index contributed by atoms with van der Waals surface area (Å²) in [5.41, 5.74) is 0.816. The highest BCUT2D eigenvalue weighted by molar-refractivity contribution is 9.10. The van der Waals surface area contributed by atoms with Crippen molar-refractivity contribution in [3.8, 4) is 11.5 Å². The van der Waals surface area contributed by atoms with Gasteiger partial charge in [0.05, 0.1) is 11.6 Å². The third kappa shape index (κ3) is 4.24. The van der Waals surface area contributed by atoms with Crippen LogP contribution in [0.3, 0.4) is 0 Å². The van der Waals surface area contributed by atoms with Gasteiger partial charge in [0.25, 0.3) is 0 Å². The van der Waals surface area contributed by atoms with Crippen molar-refractivity contribution in [2.24, 2.45) is 0 Å². The van der Waals surface area contributed by atoms with Crippen LogP contribution in [-0.4, -0.2) is 26.1 Å². The van der Waals surface area contributed by atoms with Crippen molar-refractivity contribution in [3.63, 3.8) is 0 Å². The average Bonchev–Trinajstić information content (AvgIpc) is 2.36. The molecule has 1 aromatic carbocycles. The minimum absolute atomic E-state index is 0.0347. The second-order valence-electron chi connectivity index (χ2n) is 3.59. The van der Waals surface area contributed by atoms with Crippen molar-refractivity contribution >= 4 is 31.9 Å². The summed E-state index contributed by atoms with van der Waals surface area (Å²) >= 11 is 6.36. The summed E-state index contributed by atoms with van der Waals surface area (Å²) in [6.45, 7) is -1.42. The van der Waals surface area contributed by atoms with Crippen LogP contribution in [0.4, 0.5) is 17.6 Å². The van der Waals surface area contributed by atoms with Gasteiger partial charge in [0, 0.05) is 5.33 Å². The van der Waals surface area contributed by atoms with Gasteiger partial charge in [0.15, 0.2) is 18.1 Å². The molecule has 0 saturated carbocycles. The number of alkyl halides is 5. The Morgan fingerprint density at radius 2 is 1.95 bits per heavy atom. The standard InChI is InChI=1S/C11H10Br2F4O2/c1-18-8-3-6(4-12)2-7(13)9(8)19-5-11(16,17)10(14)15/h2-3,10H,4-5H2,1H3. The Balaban J connectivity index is 2.95. The van der Waals surface area contributed by atoms with Crippen LogP contribution in [0, 0.1) is 0 Å². The van der Waals surface area contributed by atoms with Crippen molar-refractivity contribution in [1.82, 2.24) is 0 Å². The maximum absolute atomic E-state index is 12.8. The first kappa shape index (κ1) is 16.6. The molecule has 8 heteroatoms. The number of hydrogen-bond acceptors (Lipinski definition) is 2. The smallest absolute Gasteiger partial charge is 0.340 e. The fraction of sp³-hybridized carbons (Fsp3) is 0.455. The Morgan fingerprint density at radius 3 is 2.42 bits per heavy atom. The lowest BCUT2D eigenvalue weighted by molar-refractivity contribution is -0.148. The van der Waals surface area contributed by atoms with Gasteiger partial charge < -0.3 is 9.47 Å². The molecule has 0 bridgehead atoms. The van der Waals surface area contributed by atoms with E-state index in [2.05, 4.69) is 31.9 Å². The lowest BCUT2D eigenvalue weighted by Crippen LogP contribution is -2.33. The highest BCUT2D eigenvalue weighted by Gasteiger charge is 2.42. The van der Waals surface area contributed by atoms with Crippen LogP contribution in [0.1, 0.15) is 5.56 Å². The molecule has 108 valence electrons. The van der Waals surface area contributed by atoms with E-state index >= 15 is 0 Å². The van der Waals surface area contributed by atoms with E-state index in [4.69, 9.17) is 9.47 Å². The van der Waals surface area contributed by atoms with Crippen LogP contribution in [0.15, 0.2) is 16.6 Å². The molecule has 1 rings (SSSR count). The largest absolute Gasteiger partial charge is 0.493 e. The quantitative estimate of drug-likeness (QED) is 0.503. The highest BCUT2D eigenvalue weighted by atomic mass is 79.9. The molecule has 0 spiro atoms. The van der Waals surface area contributed by atoms with Crippen LogP contribution in [0.2, 0.25) is 0 Å². The van der Waals surface area contributed by atoms with E-state index in [0.717, 1.165) is 5.56 Å². The number of halogens is 6. The third-order valence-electron chi connectivity index (χ3n) is 2.17. The summed E-state index contributed by atoms with van der Waals surface area (Å²) in [7, 11) is 1.33. The van der Waals surface area contributed by atoms with Crippen LogP contribution in [0.5, 0.6) is 11.5 Å². The fourth-order valence-electron chi connectivity index (χ4n) is 1.22. The predicted octanol–water partition coefficient (Wildman–Crippen LogP) is 4.63. The summed E-state index contributed by atoms with van der Waals surface area (Å²) in [6.07, 6.45) is -3.78. The molecule has 0 aliphatic rings. The first-order chi connectivity index (χ1) is 8.81. The van der Waals surface area contributed by atoms with E-state index in [0.29, 0.717) is 9.80 Å². The Labute approximate surface area is 124 Å². The molecule has 0 heterocycles. The number of rotatable bonds is 6. The van der Waals surface area contributed by atoms with Crippen LogP contribution < -0.4 is 9.47 Å². The second kappa shape index (κ2) is 6.78. The maximum Gasteiger partial charge on any atom is 0.340 e. The fourth-order valence-corrected chi connectivity index (χ4v) is 2.15. The average molecular weight is 410 g/mol.